The van der Waals surface area contributed by atoms with E-state index in [1.54, 1.807) is 0 Å². The lowest BCUT2D eigenvalue weighted by molar-refractivity contribution is -0.490. The molecular weight excluding hydrogens is 186 g/mol. The Bertz CT molecular complexity index is 225. The summed E-state index contributed by atoms with van der Waals surface area (Å²) in [6.07, 6.45) is 3.48. The number of nitro groups is 1. The number of hydrogen-bond donors (Lipinski definition) is 0. The second-order valence-electron chi connectivity index (χ2n) is 4.09. The highest BCUT2D eigenvalue weighted by atomic mass is 16.7. The first kappa shape index (κ1) is 9.86. The van der Waals surface area contributed by atoms with E-state index in [0.29, 0.717) is 19.6 Å². The average molecular weight is 201 g/mol. The summed E-state index contributed by atoms with van der Waals surface area (Å²) in [5.41, 5.74) is 0. The van der Waals surface area contributed by atoms with E-state index in [0.717, 1.165) is 19.3 Å². The fraction of sp³-hybridized carbons (Fsp3) is 1.00. The van der Waals surface area contributed by atoms with Crippen LogP contribution >= 0.6 is 0 Å². The van der Waals surface area contributed by atoms with Crippen LogP contribution in [0.4, 0.5) is 0 Å². The summed E-state index contributed by atoms with van der Waals surface area (Å²) in [7, 11) is 0. The monoisotopic (exact) mass is 201 g/mol. The van der Waals surface area contributed by atoms with Gasteiger partial charge in [0.1, 0.15) is 0 Å². The Balaban J connectivity index is 1.93. The van der Waals surface area contributed by atoms with E-state index in [1.807, 2.05) is 0 Å². The van der Waals surface area contributed by atoms with Crippen molar-refractivity contribution in [2.45, 2.75) is 31.5 Å². The van der Waals surface area contributed by atoms with Crippen molar-refractivity contribution in [3.63, 3.8) is 0 Å². The zero-order valence-electron chi connectivity index (χ0n) is 8.11. The van der Waals surface area contributed by atoms with E-state index in [1.165, 1.54) is 0 Å². The van der Waals surface area contributed by atoms with Gasteiger partial charge in [-0.3, -0.25) is 10.1 Å². The van der Waals surface area contributed by atoms with Crippen molar-refractivity contribution in [3.8, 4) is 0 Å². The highest BCUT2D eigenvalue weighted by Crippen LogP contribution is 2.38. The van der Waals surface area contributed by atoms with E-state index >= 15 is 0 Å². The van der Waals surface area contributed by atoms with Crippen LogP contribution in [0.2, 0.25) is 0 Å². The molecule has 80 valence electrons. The summed E-state index contributed by atoms with van der Waals surface area (Å²) in [6, 6.07) is 0. The third kappa shape index (κ3) is 2.04. The van der Waals surface area contributed by atoms with Crippen molar-refractivity contribution in [1.29, 1.82) is 0 Å². The largest absolute Gasteiger partial charge is 0.348 e. The standard InChI is InChI=1S/C9H15NO4/c11-10(12)7-8-2-1-3-9(6-8)13-4-5-14-9/h8H,1-7H2/t8-/m0/s1. The van der Waals surface area contributed by atoms with Crippen molar-refractivity contribution in [1.82, 2.24) is 0 Å². The molecule has 0 amide bonds. The van der Waals surface area contributed by atoms with E-state index in [4.69, 9.17) is 9.47 Å². The molecule has 2 aliphatic rings. The Kier molecular flexibility index (Phi) is 2.69. The summed E-state index contributed by atoms with van der Waals surface area (Å²) in [5, 5.41) is 10.4. The molecule has 5 heteroatoms. The van der Waals surface area contributed by atoms with Crippen LogP contribution in [0, 0.1) is 16.0 Å². The molecule has 1 heterocycles. The lowest BCUT2D eigenvalue weighted by Gasteiger charge is -2.34. The first-order valence-corrected chi connectivity index (χ1v) is 5.10. The summed E-state index contributed by atoms with van der Waals surface area (Å²) in [4.78, 5) is 10.2. The second kappa shape index (κ2) is 3.82. The van der Waals surface area contributed by atoms with Crippen molar-refractivity contribution in [2.75, 3.05) is 19.8 Å². The molecular formula is C9H15NO4. The van der Waals surface area contributed by atoms with Crippen LogP contribution in [0.25, 0.3) is 0 Å². The summed E-state index contributed by atoms with van der Waals surface area (Å²) < 4.78 is 11.1. The summed E-state index contributed by atoms with van der Waals surface area (Å²) in [5.74, 6) is -0.351. The Labute approximate surface area is 82.5 Å². The smallest absolute Gasteiger partial charge is 0.206 e. The fourth-order valence-electron chi connectivity index (χ4n) is 2.43. The van der Waals surface area contributed by atoms with E-state index in [2.05, 4.69) is 0 Å². The van der Waals surface area contributed by atoms with Gasteiger partial charge in [-0.1, -0.05) is 0 Å². The Morgan fingerprint density at radius 3 is 2.79 bits per heavy atom. The molecule has 0 N–H and O–H groups in total. The van der Waals surface area contributed by atoms with E-state index < -0.39 is 5.79 Å². The van der Waals surface area contributed by atoms with Crippen LogP contribution < -0.4 is 0 Å². The average Bonchev–Trinajstić information content (AvgIpc) is 2.52. The van der Waals surface area contributed by atoms with Crippen molar-refractivity contribution in [2.24, 2.45) is 5.92 Å². The molecule has 1 saturated carbocycles. The van der Waals surface area contributed by atoms with Crippen LogP contribution in [0.5, 0.6) is 0 Å². The van der Waals surface area contributed by atoms with Gasteiger partial charge >= 0.3 is 0 Å². The van der Waals surface area contributed by atoms with Crippen LogP contribution in [0.3, 0.4) is 0 Å². The van der Waals surface area contributed by atoms with Crippen molar-refractivity contribution >= 4 is 0 Å². The minimum absolute atomic E-state index is 0.0501. The quantitative estimate of drug-likeness (QED) is 0.497. The van der Waals surface area contributed by atoms with Gasteiger partial charge in [0.15, 0.2) is 5.79 Å². The first-order valence-electron chi connectivity index (χ1n) is 5.10. The topological polar surface area (TPSA) is 61.6 Å². The van der Waals surface area contributed by atoms with Gasteiger partial charge in [0.25, 0.3) is 0 Å². The zero-order valence-corrected chi connectivity index (χ0v) is 8.11. The molecule has 0 radical (unpaired) electrons. The Morgan fingerprint density at radius 1 is 1.43 bits per heavy atom. The van der Waals surface area contributed by atoms with Gasteiger partial charge in [0.05, 0.1) is 13.2 Å². The maximum Gasteiger partial charge on any atom is 0.206 e. The molecule has 0 aromatic rings. The Hall–Kier alpha value is -0.680. The van der Waals surface area contributed by atoms with Gasteiger partial charge < -0.3 is 9.47 Å². The van der Waals surface area contributed by atoms with Crippen molar-refractivity contribution < 1.29 is 14.4 Å². The van der Waals surface area contributed by atoms with Crippen LogP contribution in [0.1, 0.15) is 25.7 Å². The van der Waals surface area contributed by atoms with Crippen molar-refractivity contribution in [3.05, 3.63) is 10.1 Å². The highest BCUT2D eigenvalue weighted by molar-refractivity contribution is 4.82. The number of nitrogens with zero attached hydrogens (tertiary/aromatic N) is 1. The zero-order chi connectivity index (χ0) is 10.0. The van der Waals surface area contributed by atoms with Gasteiger partial charge in [0, 0.05) is 23.7 Å². The third-order valence-corrected chi connectivity index (χ3v) is 2.99. The highest BCUT2D eigenvalue weighted by Gasteiger charge is 2.42. The minimum atomic E-state index is -0.473. The molecule has 14 heavy (non-hydrogen) atoms. The molecule has 0 bridgehead atoms. The molecule has 1 saturated heterocycles. The fourth-order valence-corrected chi connectivity index (χ4v) is 2.43. The number of hydrogen-bond acceptors (Lipinski definition) is 4. The van der Waals surface area contributed by atoms with E-state index in [9.17, 15) is 10.1 Å². The lowest BCUT2D eigenvalue weighted by Crippen LogP contribution is -2.38. The molecule has 1 aliphatic heterocycles. The van der Waals surface area contributed by atoms with Crippen LogP contribution in [0.15, 0.2) is 0 Å². The first-order chi connectivity index (χ1) is 6.70. The SMILES string of the molecule is O=[N+]([O-])C[C@H]1CCCC2(C1)OCCO2. The maximum atomic E-state index is 10.4. The number of ether oxygens (including phenoxy) is 2. The van der Waals surface area contributed by atoms with Crippen LogP contribution in [-0.4, -0.2) is 30.5 Å². The Morgan fingerprint density at radius 2 is 2.14 bits per heavy atom. The summed E-state index contributed by atoms with van der Waals surface area (Å²) >= 11 is 0. The van der Waals surface area contributed by atoms with Gasteiger partial charge in [-0.05, 0) is 12.8 Å². The normalized spacial score (nSPS) is 30.7. The van der Waals surface area contributed by atoms with E-state index in [-0.39, 0.29) is 17.4 Å². The predicted molar refractivity (Wildman–Crippen MR) is 48.5 cm³/mol. The number of rotatable bonds is 2. The minimum Gasteiger partial charge on any atom is -0.348 e. The molecule has 1 atom stereocenters. The lowest BCUT2D eigenvalue weighted by atomic mass is 9.85. The third-order valence-electron chi connectivity index (χ3n) is 2.99. The molecule has 0 aromatic heterocycles. The second-order valence-corrected chi connectivity index (χ2v) is 4.09. The summed E-state index contributed by atoms with van der Waals surface area (Å²) in [6.45, 7) is 1.31. The predicted octanol–water partition coefficient (Wildman–Crippen LogP) is 1.20. The molecule has 1 aliphatic carbocycles. The molecule has 2 fully saturated rings. The van der Waals surface area contributed by atoms with Gasteiger partial charge in [-0.25, -0.2) is 0 Å². The van der Waals surface area contributed by atoms with Gasteiger partial charge in [-0.15, -0.1) is 0 Å². The molecule has 2 rings (SSSR count). The molecule has 5 nitrogen and oxygen atoms in total. The maximum absolute atomic E-state index is 10.4. The van der Waals surface area contributed by atoms with Gasteiger partial charge in [-0.2, -0.15) is 0 Å². The molecule has 1 spiro atoms. The van der Waals surface area contributed by atoms with Crippen LogP contribution in [-0.2, 0) is 9.47 Å². The molecule has 0 unspecified atom stereocenters. The molecule has 0 aromatic carbocycles. The van der Waals surface area contributed by atoms with Gasteiger partial charge in [0.2, 0.25) is 6.54 Å².